The van der Waals surface area contributed by atoms with Gasteiger partial charge in [0.25, 0.3) is 5.56 Å². The Kier molecular flexibility index (Phi) is 3.76. The molecule has 0 bridgehead atoms. The Balaban J connectivity index is 1.62. The molecule has 2 unspecified atom stereocenters. The third kappa shape index (κ3) is 2.48. The SMILES string of the molecule is CCCc1cc(=O)n2nc(N3CCN4C(=O)C(N)CC4C3)sc2n1. The Morgan fingerprint density at radius 1 is 1.38 bits per heavy atom. The van der Waals surface area contributed by atoms with Crippen molar-refractivity contribution in [1.82, 2.24) is 19.5 Å². The molecule has 24 heavy (non-hydrogen) atoms. The van der Waals surface area contributed by atoms with Crippen molar-refractivity contribution >= 4 is 27.3 Å². The number of aromatic nitrogens is 3. The third-order valence-corrected chi connectivity index (χ3v) is 5.64. The van der Waals surface area contributed by atoms with Crippen LogP contribution in [-0.2, 0) is 11.2 Å². The molecule has 2 atom stereocenters. The van der Waals surface area contributed by atoms with Crippen LogP contribution in [0.15, 0.2) is 10.9 Å². The first-order chi connectivity index (χ1) is 11.6. The van der Waals surface area contributed by atoms with Crippen LogP contribution in [0.1, 0.15) is 25.5 Å². The van der Waals surface area contributed by atoms with Gasteiger partial charge in [0.15, 0.2) is 0 Å². The molecule has 0 radical (unpaired) electrons. The molecule has 0 aromatic carbocycles. The molecule has 2 saturated heterocycles. The molecular weight excluding hydrogens is 328 g/mol. The van der Waals surface area contributed by atoms with Gasteiger partial charge in [0, 0.05) is 31.4 Å². The Morgan fingerprint density at radius 3 is 3.00 bits per heavy atom. The van der Waals surface area contributed by atoms with Crippen LogP contribution in [0.2, 0.25) is 0 Å². The summed E-state index contributed by atoms with van der Waals surface area (Å²) in [5.74, 6) is 0.0473. The maximum absolute atomic E-state index is 12.2. The summed E-state index contributed by atoms with van der Waals surface area (Å²) < 4.78 is 1.37. The van der Waals surface area contributed by atoms with Crippen LogP contribution >= 0.6 is 11.3 Å². The van der Waals surface area contributed by atoms with Crippen LogP contribution < -0.4 is 16.2 Å². The molecule has 2 aromatic rings. The van der Waals surface area contributed by atoms with E-state index in [1.807, 2.05) is 4.90 Å². The van der Waals surface area contributed by atoms with Gasteiger partial charge in [-0.05, 0) is 12.8 Å². The number of amides is 1. The minimum Gasteiger partial charge on any atom is -0.343 e. The van der Waals surface area contributed by atoms with Gasteiger partial charge in [0.1, 0.15) is 0 Å². The number of carbonyl (C=O) groups excluding carboxylic acids is 1. The molecule has 2 fully saturated rings. The van der Waals surface area contributed by atoms with E-state index in [0.717, 1.165) is 23.7 Å². The molecular formula is C15H20N6O2S. The molecule has 0 spiro atoms. The van der Waals surface area contributed by atoms with Crippen molar-refractivity contribution in [1.29, 1.82) is 0 Å². The number of carbonyl (C=O) groups is 1. The summed E-state index contributed by atoms with van der Waals surface area (Å²) in [7, 11) is 0. The minimum atomic E-state index is -0.383. The number of piperazine rings is 1. The Bertz CT molecular complexity index is 846. The standard InChI is InChI=1S/C15H20N6O2S/c1-2-3-9-6-12(22)21-14(17-9)24-15(18-21)19-4-5-20-10(8-19)7-11(16)13(20)23/h6,10-11H,2-5,7-8,16H2,1H3. The highest BCUT2D eigenvalue weighted by Crippen LogP contribution is 2.28. The zero-order chi connectivity index (χ0) is 16.8. The Hall–Kier alpha value is -2.00. The fraction of sp³-hybridized carbons (Fsp3) is 0.600. The summed E-state index contributed by atoms with van der Waals surface area (Å²) in [6.07, 6.45) is 2.42. The van der Waals surface area contributed by atoms with Gasteiger partial charge in [-0.3, -0.25) is 9.59 Å². The predicted octanol–water partition coefficient (Wildman–Crippen LogP) is -0.148. The van der Waals surface area contributed by atoms with E-state index in [4.69, 9.17) is 5.73 Å². The van der Waals surface area contributed by atoms with Gasteiger partial charge in [0.2, 0.25) is 16.0 Å². The number of fused-ring (bicyclic) bond motifs is 2. The molecule has 0 saturated carbocycles. The highest BCUT2D eigenvalue weighted by Gasteiger charge is 2.41. The normalized spacial score (nSPS) is 24.0. The fourth-order valence-electron chi connectivity index (χ4n) is 3.49. The molecule has 2 aliphatic rings. The van der Waals surface area contributed by atoms with Crippen molar-refractivity contribution in [2.24, 2.45) is 5.73 Å². The summed E-state index contributed by atoms with van der Waals surface area (Å²) in [6, 6.07) is 1.31. The molecule has 9 heteroatoms. The predicted molar refractivity (Wildman–Crippen MR) is 91.4 cm³/mol. The van der Waals surface area contributed by atoms with Crippen LogP contribution in [0.4, 0.5) is 5.13 Å². The molecule has 128 valence electrons. The summed E-state index contributed by atoms with van der Waals surface area (Å²) >= 11 is 1.43. The van der Waals surface area contributed by atoms with Crippen LogP contribution in [0.3, 0.4) is 0 Å². The lowest BCUT2D eigenvalue weighted by molar-refractivity contribution is -0.130. The minimum absolute atomic E-state index is 0.0473. The van der Waals surface area contributed by atoms with Crippen molar-refractivity contribution in [3.8, 4) is 0 Å². The molecule has 8 nitrogen and oxygen atoms in total. The smallest absolute Gasteiger partial charge is 0.275 e. The average molecular weight is 348 g/mol. The summed E-state index contributed by atoms with van der Waals surface area (Å²) in [6.45, 7) is 4.12. The van der Waals surface area contributed by atoms with E-state index in [2.05, 4.69) is 21.9 Å². The van der Waals surface area contributed by atoms with Crippen LogP contribution in [0.25, 0.3) is 4.96 Å². The van der Waals surface area contributed by atoms with E-state index in [9.17, 15) is 9.59 Å². The third-order valence-electron chi connectivity index (χ3n) is 4.67. The fourth-order valence-corrected chi connectivity index (χ4v) is 4.45. The lowest BCUT2D eigenvalue weighted by Crippen LogP contribution is -2.51. The molecule has 2 N–H and O–H groups in total. The molecule has 0 aliphatic carbocycles. The number of hydrogen-bond acceptors (Lipinski definition) is 7. The quantitative estimate of drug-likeness (QED) is 0.829. The lowest BCUT2D eigenvalue weighted by atomic mass is 10.1. The Labute approximate surface area is 142 Å². The van der Waals surface area contributed by atoms with Crippen molar-refractivity contribution in [2.75, 3.05) is 24.5 Å². The number of rotatable bonds is 3. The van der Waals surface area contributed by atoms with Crippen LogP contribution in [0.5, 0.6) is 0 Å². The van der Waals surface area contributed by atoms with Crippen molar-refractivity contribution in [2.45, 2.75) is 38.3 Å². The van der Waals surface area contributed by atoms with E-state index in [0.29, 0.717) is 31.0 Å². The number of aryl methyl sites for hydroxylation is 1. The number of nitrogens with zero attached hydrogens (tertiary/aromatic N) is 5. The van der Waals surface area contributed by atoms with Gasteiger partial charge >= 0.3 is 0 Å². The van der Waals surface area contributed by atoms with Crippen LogP contribution in [-0.4, -0.2) is 57.1 Å². The number of hydrogen-bond donors (Lipinski definition) is 1. The number of anilines is 1. The maximum Gasteiger partial charge on any atom is 0.275 e. The molecule has 4 rings (SSSR count). The molecule has 1 amide bonds. The Morgan fingerprint density at radius 2 is 2.21 bits per heavy atom. The summed E-state index contributed by atoms with van der Waals surface area (Å²) in [5, 5.41) is 5.22. The zero-order valence-corrected chi connectivity index (χ0v) is 14.3. The second-order valence-electron chi connectivity index (χ2n) is 6.39. The first kappa shape index (κ1) is 15.5. The van der Waals surface area contributed by atoms with E-state index in [1.165, 1.54) is 15.9 Å². The highest BCUT2D eigenvalue weighted by molar-refractivity contribution is 7.20. The van der Waals surface area contributed by atoms with E-state index >= 15 is 0 Å². The van der Waals surface area contributed by atoms with E-state index < -0.39 is 0 Å². The average Bonchev–Trinajstić information content (AvgIpc) is 3.10. The monoisotopic (exact) mass is 348 g/mol. The first-order valence-corrected chi connectivity index (χ1v) is 9.09. The summed E-state index contributed by atoms with van der Waals surface area (Å²) in [5.41, 5.74) is 6.55. The van der Waals surface area contributed by atoms with Crippen molar-refractivity contribution in [3.63, 3.8) is 0 Å². The van der Waals surface area contributed by atoms with Crippen molar-refractivity contribution in [3.05, 3.63) is 22.1 Å². The van der Waals surface area contributed by atoms with Gasteiger partial charge in [-0.25, -0.2) is 4.98 Å². The van der Waals surface area contributed by atoms with Gasteiger partial charge in [-0.15, -0.1) is 5.10 Å². The lowest BCUT2D eigenvalue weighted by Gasteiger charge is -2.36. The van der Waals surface area contributed by atoms with Gasteiger partial charge < -0.3 is 15.5 Å². The zero-order valence-electron chi connectivity index (χ0n) is 13.5. The molecule has 4 heterocycles. The maximum atomic E-state index is 12.2. The molecule has 2 aliphatic heterocycles. The largest absolute Gasteiger partial charge is 0.343 e. The second kappa shape index (κ2) is 5.82. The van der Waals surface area contributed by atoms with Crippen LogP contribution in [0, 0.1) is 0 Å². The first-order valence-electron chi connectivity index (χ1n) is 8.27. The van der Waals surface area contributed by atoms with E-state index in [1.54, 1.807) is 6.07 Å². The molecule has 2 aromatic heterocycles. The van der Waals surface area contributed by atoms with E-state index in [-0.39, 0.29) is 23.6 Å². The van der Waals surface area contributed by atoms with Gasteiger partial charge in [-0.1, -0.05) is 24.7 Å². The van der Waals surface area contributed by atoms with Gasteiger partial charge in [-0.2, -0.15) is 4.52 Å². The highest BCUT2D eigenvalue weighted by atomic mass is 32.1. The number of nitrogens with two attached hydrogens (primary N) is 1. The second-order valence-corrected chi connectivity index (χ2v) is 7.32. The van der Waals surface area contributed by atoms with Crippen molar-refractivity contribution < 1.29 is 4.79 Å². The summed E-state index contributed by atoms with van der Waals surface area (Å²) in [4.78, 5) is 33.4. The van der Waals surface area contributed by atoms with Gasteiger partial charge in [0.05, 0.1) is 12.1 Å². The topological polar surface area (TPSA) is 96.8 Å².